The number of carbonyl (C=O) groups excluding carboxylic acids is 1. The van der Waals surface area contributed by atoms with Gasteiger partial charge in [0, 0.05) is 9.37 Å². The van der Waals surface area contributed by atoms with Crippen molar-refractivity contribution in [3.05, 3.63) is 58.6 Å². The third-order valence-electron chi connectivity index (χ3n) is 2.68. The number of ketones is 1. The molecule has 104 valence electrons. The van der Waals surface area contributed by atoms with E-state index in [0.29, 0.717) is 23.7 Å². The predicted molar refractivity (Wildman–Crippen MR) is 86.8 cm³/mol. The van der Waals surface area contributed by atoms with Crippen molar-refractivity contribution >= 4 is 33.5 Å². The van der Waals surface area contributed by atoms with Crippen LogP contribution in [0.4, 0.5) is 0 Å². The van der Waals surface area contributed by atoms with E-state index >= 15 is 0 Å². The molecular weight excluding hydrogens is 336 g/mol. The largest absolute Gasteiger partial charge is 0.493 e. The number of thioether (sulfide) groups is 1. The summed E-state index contributed by atoms with van der Waals surface area (Å²) >= 11 is 5.01. The molecule has 20 heavy (non-hydrogen) atoms. The molecule has 0 fully saturated rings. The summed E-state index contributed by atoms with van der Waals surface area (Å²) in [5.74, 6) is 1.13. The van der Waals surface area contributed by atoms with Gasteiger partial charge < -0.3 is 4.74 Å². The molecule has 0 spiro atoms. The third kappa shape index (κ3) is 3.87. The maximum absolute atomic E-state index is 12.3. The van der Waals surface area contributed by atoms with E-state index in [4.69, 9.17) is 4.74 Å². The molecular formula is C16H15BrO2S. The number of rotatable bonds is 6. The first kappa shape index (κ1) is 15.1. The van der Waals surface area contributed by atoms with Crippen LogP contribution in [-0.2, 0) is 0 Å². The maximum Gasteiger partial charge on any atom is 0.176 e. The van der Waals surface area contributed by atoms with Gasteiger partial charge in [-0.2, -0.15) is 0 Å². The summed E-state index contributed by atoms with van der Waals surface area (Å²) < 4.78 is 6.50. The summed E-state index contributed by atoms with van der Waals surface area (Å²) in [6, 6.07) is 15.3. The van der Waals surface area contributed by atoms with Crippen molar-refractivity contribution in [3.63, 3.8) is 0 Å². The number of halogens is 1. The minimum absolute atomic E-state index is 0.0785. The number of carbonyl (C=O) groups is 1. The average Bonchev–Trinajstić information content (AvgIpc) is 2.47. The minimum atomic E-state index is 0.0785. The van der Waals surface area contributed by atoms with E-state index in [1.807, 2.05) is 55.5 Å². The Balaban J connectivity index is 2.07. The lowest BCUT2D eigenvalue weighted by atomic mass is 10.1. The van der Waals surface area contributed by atoms with Crippen LogP contribution in [0.25, 0.3) is 0 Å². The lowest BCUT2D eigenvalue weighted by molar-refractivity contribution is 0.101. The molecule has 0 aliphatic heterocycles. The average molecular weight is 351 g/mol. The van der Waals surface area contributed by atoms with Gasteiger partial charge in [0.2, 0.25) is 0 Å². The minimum Gasteiger partial charge on any atom is -0.493 e. The molecule has 0 aliphatic rings. The van der Waals surface area contributed by atoms with E-state index in [-0.39, 0.29) is 5.78 Å². The van der Waals surface area contributed by atoms with Crippen LogP contribution in [0.2, 0.25) is 0 Å². The molecule has 4 heteroatoms. The fraction of sp³-hybridized carbons (Fsp3) is 0.188. The van der Waals surface area contributed by atoms with Gasteiger partial charge in [0.05, 0.1) is 17.9 Å². The zero-order valence-corrected chi connectivity index (χ0v) is 13.5. The number of Topliss-reactive ketones (excluding diaryl/α,β-unsaturated/α-hetero) is 1. The molecule has 2 rings (SSSR count). The van der Waals surface area contributed by atoms with E-state index in [0.717, 1.165) is 9.37 Å². The third-order valence-corrected chi connectivity index (χ3v) is 4.71. The van der Waals surface area contributed by atoms with Crippen molar-refractivity contribution in [1.29, 1.82) is 0 Å². The Bertz CT molecular complexity index is 599. The highest BCUT2D eigenvalue weighted by atomic mass is 79.9. The van der Waals surface area contributed by atoms with Crippen LogP contribution in [0.3, 0.4) is 0 Å². The fourth-order valence-corrected chi connectivity index (χ4v) is 3.21. The zero-order valence-electron chi connectivity index (χ0n) is 11.1. The van der Waals surface area contributed by atoms with Crippen LogP contribution in [0.1, 0.15) is 17.3 Å². The lowest BCUT2D eigenvalue weighted by Gasteiger charge is -2.09. The van der Waals surface area contributed by atoms with Crippen LogP contribution in [0.15, 0.2) is 57.9 Å². The molecule has 0 aliphatic carbocycles. The lowest BCUT2D eigenvalue weighted by Crippen LogP contribution is -2.06. The Morgan fingerprint density at radius 1 is 1.15 bits per heavy atom. The monoisotopic (exact) mass is 350 g/mol. The standard InChI is InChI=1S/C16H15BrO2S/c1-2-19-15-9-5-3-7-12(15)14(18)11-20-16-10-6-4-8-13(16)17/h3-10H,2,11H2,1H3. The molecule has 0 unspecified atom stereocenters. The first-order chi connectivity index (χ1) is 9.72. The zero-order chi connectivity index (χ0) is 14.4. The fourth-order valence-electron chi connectivity index (χ4n) is 1.76. The molecule has 0 saturated carbocycles. The Morgan fingerprint density at radius 3 is 2.60 bits per heavy atom. The Kier molecular flexibility index (Phi) is 5.68. The van der Waals surface area contributed by atoms with Gasteiger partial charge in [-0.05, 0) is 47.1 Å². The van der Waals surface area contributed by atoms with Gasteiger partial charge in [-0.1, -0.05) is 24.3 Å². The number of benzene rings is 2. The normalized spacial score (nSPS) is 10.3. The molecule has 0 saturated heterocycles. The van der Waals surface area contributed by atoms with E-state index in [1.165, 1.54) is 11.8 Å². The Morgan fingerprint density at radius 2 is 1.85 bits per heavy atom. The van der Waals surface area contributed by atoms with Crippen molar-refractivity contribution in [2.75, 3.05) is 12.4 Å². The topological polar surface area (TPSA) is 26.3 Å². The van der Waals surface area contributed by atoms with Gasteiger partial charge in [-0.3, -0.25) is 4.79 Å². The summed E-state index contributed by atoms with van der Waals surface area (Å²) in [5.41, 5.74) is 0.647. The molecule has 2 aromatic carbocycles. The van der Waals surface area contributed by atoms with Gasteiger partial charge in [0.25, 0.3) is 0 Å². The van der Waals surface area contributed by atoms with Gasteiger partial charge in [0.1, 0.15) is 5.75 Å². The Hall–Kier alpha value is -1.26. The molecule has 2 aromatic rings. The van der Waals surface area contributed by atoms with Crippen LogP contribution in [0, 0.1) is 0 Å². The molecule has 0 N–H and O–H groups in total. The van der Waals surface area contributed by atoms with Crippen LogP contribution >= 0.6 is 27.7 Å². The summed E-state index contributed by atoms with van der Waals surface area (Å²) in [5, 5.41) is 0. The van der Waals surface area contributed by atoms with E-state index < -0.39 is 0 Å². The second-order valence-corrected chi connectivity index (χ2v) is 5.94. The highest BCUT2D eigenvalue weighted by Gasteiger charge is 2.12. The van der Waals surface area contributed by atoms with Gasteiger partial charge in [0.15, 0.2) is 5.78 Å². The second-order valence-electron chi connectivity index (χ2n) is 4.07. The van der Waals surface area contributed by atoms with Crippen molar-refractivity contribution in [2.24, 2.45) is 0 Å². The molecule has 0 heterocycles. The molecule has 2 nitrogen and oxygen atoms in total. The number of hydrogen-bond acceptors (Lipinski definition) is 3. The van der Waals surface area contributed by atoms with Gasteiger partial charge >= 0.3 is 0 Å². The number of hydrogen-bond donors (Lipinski definition) is 0. The smallest absolute Gasteiger partial charge is 0.176 e. The molecule has 0 radical (unpaired) electrons. The van der Waals surface area contributed by atoms with Crippen LogP contribution < -0.4 is 4.74 Å². The van der Waals surface area contributed by atoms with Crippen LogP contribution in [-0.4, -0.2) is 18.1 Å². The number of para-hydroxylation sites is 1. The summed E-state index contributed by atoms with van der Waals surface area (Å²) in [6.07, 6.45) is 0. The van der Waals surface area contributed by atoms with E-state index in [2.05, 4.69) is 15.9 Å². The maximum atomic E-state index is 12.3. The van der Waals surface area contributed by atoms with Crippen molar-refractivity contribution in [1.82, 2.24) is 0 Å². The number of ether oxygens (including phenoxy) is 1. The first-order valence-electron chi connectivity index (χ1n) is 6.34. The highest BCUT2D eigenvalue weighted by molar-refractivity contribution is 9.10. The predicted octanol–water partition coefficient (Wildman–Crippen LogP) is 4.82. The quantitative estimate of drug-likeness (QED) is 0.551. The highest BCUT2D eigenvalue weighted by Crippen LogP contribution is 2.28. The van der Waals surface area contributed by atoms with Gasteiger partial charge in [-0.15, -0.1) is 11.8 Å². The van der Waals surface area contributed by atoms with Gasteiger partial charge in [-0.25, -0.2) is 0 Å². The summed E-state index contributed by atoms with van der Waals surface area (Å²) in [7, 11) is 0. The summed E-state index contributed by atoms with van der Waals surface area (Å²) in [6.45, 7) is 2.47. The Labute approximate surface area is 131 Å². The van der Waals surface area contributed by atoms with E-state index in [1.54, 1.807) is 0 Å². The van der Waals surface area contributed by atoms with Crippen LogP contribution in [0.5, 0.6) is 5.75 Å². The van der Waals surface area contributed by atoms with E-state index in [9.17, 15) is 4.79 Å². The SMILES string of the molecule is CCOc1ccccc1C(=O)CSc1ccccc1Br. The molecule has 0 atom stereocenters. The second kappa shape index (κ2) is 7.50. The van der Waals surface area contributed by atoms with Crippen molar-refractivity contribution < 1.29 is 9.53 Å². The summed E-state index contributed by atoms with van der Waals surface area (Å²) in [4.78, 5) is 13.4. The molecule has 0 amide bonds. The first-order valence-corrected chi connectivity index (χ1v) is 8.12. The van der Waals surface area contributed by atoms with Crippen molar-refractivity contribution in [3.8, 4) is 5.75 Å². The molecule has 0 bridgehead atoms. The van der Waals surface area contributed by atoms with Crippen molar-refractivity contribution in [2.45, 2.75) is 11.8 Å². The molecule has 0 aromatic heterocycles.